The van der Waals surface area contributed by atoms with Gasteiger partial charge in [0.05, 0.1) is 10.6 Å². The Bertz CT molecular complexity index is 452. The quantitative estimate of drug-likeness (QED) is 0.621. The van der Waals surface area contributed by atoms with Crippen molar-refractivity contribution in [3.63, 3.8) is 0 Å². The molecule has 0 fully saturated rings. The standard InChI is InChI=1S/C8H10BrNO4S/c1-2-15(13,14)6-3-4-10-7(5-6)8(9,11)12/h3-5,11-12H,2H2,1H3. The van der Waals surface area contributed by atoms with Gasteiger partial charge in [-0.1, -0.05) is 6.92 Å². The zero-order valence-corrected chi connectivity index (χ0v) is 10.3. The second-order valence-corrected chi connectivity index (χ2v) is 6.25. The minimum atomic E-state index is -3.36. The monoisotopic (exact) mass is 295 g/mol. The summed E-state index contributed by atoms with van der Waals surface area (Å²) in [5.41, 5.74) is -0.169. The van der Waals surface area contributed by atoms with Crippen molar-refractivity contribution in [1.82, 2.24) is 4.98 Å². The number of hydrogen-bond donors (Lipinski definition) is 2. The number of alkyl halides is 1. The number of hydrogen-bond acceptors (Lipinski definition) is 5. The van der Waals surface area contributed by atoms with Gasteiger partial charge in [0.2, 0.25) is 0 Å². The minimum Gasteiger partial charge on any atom is -0.352 e. The highest BCUT2D eigenvalue weighted by atomic mass is 79.9. The number of halogens is 1. The van der Waals surface area contributed by atoms with E-state index in [-0.39, 0.29) is 16.3 Å². The fourth-order valence-electron chi connectivity index (χ4n) is 0.945. The van der Waals surface area contributed by atoms with E-state index < -0.39 is 14.5 Å². The van der Waals surface area contributed by atoms with Gasteiger partial charge in [-0.3, -0.25) is 4.98 Å². The van der Waals surface area contributed by atoms with Crippen LogP contribution in [-0.4, -0.2) is 29.4 Å². The number of aliphatic hydroxyl groups is 2. The van der Waals surface area contributed by atoms with Gasteiger partial charge in [-0.05, 0) is 28.1 Å². The molecule has 0 atom stereocenters. The maximum absolute atomic E-state index is 11.5. The molecule has 0 aromatic carbocycles. The molecule has 7 heteroatoms. The summed E-state index contributed by atoms with van der Waals surface area (Å²) in [6.07, 6.45) is 1.21. The van der Waals surface area contributed by atoms with Crippen molar-refractivity contribution in [3.05, 3.63) is 24.0 Å². The Labute approximate surface area is 95.8 Å². The molecule has 0 bridgehead atoms. The van der Waals surface area contributed by atoms with Gasteiger partial charge >= 0.3 is 0 Å². The van der Waals surface area contributed by atoms with Crippen LogP contribution in [0.15, 0.2) is 23.2 Å². The van der Waals surface area contributed by atoms with Crippen molar-refractivity contribution in [2.45, 2.75) is 16.5 Å². The molecule has 0 aliphatic heterocycles. The molecule has 84 valence electrons. The predicted octanol–water partition coefficient (Wildman–Crippen LogP) is 0.365. The van der Waals surface area contributed by atoms with Crippen LogP contribution in [0.2, 0.25) is 0 Å². The Kier molecular flexibility index (Phi) is 3.49. The van der Waals surface area contributed by atoms with Gasteiger partial charge in [0.15, 0.2) is 9.84 Å². The van der Waals surface area contributed by atoms with Crippen molar-refractivity contribution in [2.75, 3.05) is 5.75 Å². The third-order valence-corrected chi connectivity index (χ3v) is 3.93. The molecule has 0 saturated carbocycles. The number of pyridine rings is 1. The Morgan fingerprint density at radius 2 is 2.13 bits per heavy atom. The summed E-state index contributed by atoms with van der Waals surface area (Å²) in [6, 6.07) is 2.43. The van der Waals surface area contributed by atoms with E-state index in [0.29, 0.717) is 0 Å². The Balaban J connectivity index is 3.27. The van der Waals surface area contributed by atoms with E-state index in [4.69, 9.17) is 10.2 Å². The van der Waals surface area contributed by atoms with Gasteiger partial charge in [0, 0.05) is 6.20 Å². The lowest BCUT2D eigenvalue weighted by atomic mass is 10.3. The van der Waals surface area contributed by atoms with Crippen LogP contribution >= 0.6 is 15.9 Å². The van der Waals surface area contributed by atoms with Gasteiger partial charge < -0.3 is 10.2 Å². The van der Waals surface area contributed by atoms with Crippen LogP contribution in [-0.2, 0) is 14.5 Å². The molecule has 2 N–H and O–H groups in total. The molecule has 0 unspecified atom stereocenters. The first-order valence-corrected chi connectivity index (χ1v) is 6.55. The molecule has 1 aromatic heterocycles. The summed E-state index contributed by atoms with van der Waals surface area (Å²) in [5.74, 6) is -0.0530. The maximum atomic E-state index is 11.5. The molecule has 15 heavy (non-hydrogen) atoms. The molecule has 0 spiro atoms. The second-order valence-electron chi connectivity index (χ2n) is 2.87. The molecular weight excluding hydrogens is 286 g/mol. The first-order chi connectivity index (χ1) is 6.77. The lowest BCUT2D eigenvalue weighted by Gasteiger charge is -2.13. The molecule has 0 aliphatic rings. The number of rotatable bonds is 3. The minimum absolute atomic E-state index is 0.0157. The van der Waals surface area contributed by atoms with Crippen molar-refractivity contribution in [2.24, 2.45) is 0 Å². The van der Waals surface area contributed by atoms with Crippen LogP contribution in [0.1, 0.15) is 12.6 Å². The average molecular weight is 296 g/mol. The van der Waals surface area contributed by atoms with Gasteiger partial charge in [-0.2, -0.15) is 0 Å². The zero-order chi connectivity index (χ0) is 11.7. The summed E-state index contributed by atoms with van der Waals surface area (Å²) in [5, 5.41) is 18.3. The predicted molar refractivity (Wildman–Crippen MR) is 57.0 cm³/mol. The summed E-state index contributed by atoms with van der Waals surface area (Å²) < 4.78 is 20.6. The van der Waals surface area contributed by atoms with Crippen molar-refractivity contribution in [1.29, 1.82) is 0 Å². The smallest absolute Gasteiger partial charge is 0.266 e. The molecule has 0 saturated heterocycles. The van der Waals surface area contributed by atoms with Crippen LogP contribution in [0.5, 0.6) is 0 Å². The van der Waals surface area contributed by atoms with Gasteiger partial charge in [0.25, 0.3) is 4.70 Å². The van der Waals surface area contributed by atoms with E-state index in [2.05, 4.69) is 20.9 Å². The highest BCUT2D eigenvalue weighted by molar-refractivity contribution is 9.09. The Morgan fingerprint density at radius 3 is 2.60 bits per heavy atom. The van der Waals surface area contributed by atoms with Gasteiger partial charge in [-0.15, -0.1) is 0 Å². The third-order valence-electron chi connectivity index (χ3n) is 1.80. The average Bonchev–Trinajstić information content (AvgIpc) is 2.17. The van der Waals surface area contributed by atoms with Crippen LogP contribution in [0.25, 0.3) is 0 Å². The summed E-state index contributed by atoms with van der Waals surface area (Å²) in [7, 11) is -3.36. The zero-order valence-electron chi connectivity index (χ0n) is 7.88. The highest BCUT2D eigenvalue weighted by Crippen LogP contribution is 2.24. The van der Waals surface area contributed by atoms with E-state index in [1.807, 2.05) is 0 Å². The molecule has 1 heterocycles. The topological polar surface area (TPSA) is 87.5 Å². The normalized spacial score (nSPS) is 12.8. The molecule has 1 rings (SSSR count). The van der Waals surface area contributed by atoms with E-state index in [0.717, 1.165) is 6.07 Å². The Hall–Kier alpha value is -0.500. The maximum Gasteiger partial charge on any atom is 0.266 e. The highest BCUT2D eigenvalue weighted by Gasteiger charge is 2.25. The first kappa shape index (κ1) is 12.6. The first-order valence-electron chi connectivity index (χ1n) is 4.10. The van der Waals surface area contributed by atoms with Gasteiger partial charge in [-0.25, -0.2) is 8.42 Å². The number of nitrogens with zero attached hydrogens (tertiary/aromatic N) is 1. The molecule has 5 nitrogen and oxygen atoms in total. The van der Waals surface area contributed by atoms with E-state index in [1.54, 1.807) is 0 Å². The lowest BCUT2D eigenvalue weighted by Crippen LogP contribution is -2.18. The summed E-state index contributed by atoms with van der Waals surface area (Å²) in [4.78, 5) is 3.66. The third kappa shape index (κ3) is 2.97. The second kappa shape index (κ2) is 4.17. The summed E-state index contributed by atoms with van der Waals surface area (Å²) >= 11 is 2.56. The van der Waals surface area contributed by atoms with E-state index in [1.165, 1.54) is 19.2 Å². The molecular formula is C8H10BrNO4S. The summed E-state index contributed by atoms with van der Waals surface area (Å²) in [6.45, 7) is 1.51. The fraction of sp³-hybridized carbons (Fsp3) is 0.375. The molecule has 0 aliphatic carbocycles. The number of sulfone groups is 1. The van der Waals surface area contributed by atoms with Crippen LogP contribution in [0, 0.1) is 0 Å². The van der Waals surface area contributed by atoms with Crippen LogP contribution in [0.3, 0.4) is 0 Å². The van der Waals surface area contributed by atoms with Crippen LogP contribution < -0.4 is 0 Å². The van der Waals surface area contributed by atoms with Crippen LogP contribution in [0.4, 0.5) is 0 Å². The largest absolute Gasteiger partial charge is 0.352 e. The lowest BCUT2D eigenvalue weighted by molar-refractivity contribution is -0.0776. The van der Waals surface area contributed by atoms with Gasteiger partial charge in [0.1, 0.15) is 5.69 Å². The SMILES string of the molecule is CCS(=O)(=O)c1ccnc(C(O)(O)Br)c1. The van der Waals surface area contributed by atoms with Crippen molar-refractivity contribution >= 4 is 25.8 Å². The van der Waals surface area contributed by atoms with Crippen molar-refractivity contribution < 1.29 is 18.6 Å². The Morgan fingerprint density at radius 1 is 1.53 bits per heavy atom. The number of aromatic nitrogens is 1. The fourth-order valence-corrected chi connectivity index (χ4v) is 2.05. The van der Waals surface area contributed by atoms with E-state index in [9.17, 15) is 8.42 Å². The molecule has 1 aromatic rings. The van der Waals surface area contributed by atoms with E-state index >= 15 is 0 Å². The molecule has 0 amide bonds. The van der Waals surface area contributed by atoms with Crippen molar-refractivity contribution in [3.8, 4) is 0 Å². The molecule has 0 radical (unpaired) electrons.